The lowest BCUT2D eigenvalue weighted by Crippen LogP contribution is -2.29. The maximum absolute atomic E-state index is 12.9. The maximum atomic E-state index is 12.9. The second-order valence-electron chi connectivity index (χ2n) is 7.62. The zero-order chi connectivity index (χ0) is 24.5. The van der Waals surface area contributed by atoms with Crippen molar-refractivity contribution in [2.75, 3.05) is 27.9 Å². The van der Waals surface area contributed by atoms with Crippen LogP contribution in [0.4, 0.5) is 0 Å². The van der Waals surface area contributed by atoms with Crippen LogP contribution in [0, 0.1) is 5.92 Å². The number of hydrogen-bond donors (Lipinski definition) is 1. The first kappa shape index (κ1) is 24.6. The molecule has 7 nitrogen and oxygen atoms in total. The van der Waals surface area contributed by atoms with Crippen molar-refractivity contribution in [3.8, 4) is 17.2 Å². The third kappa shape index (κ3) is 5.86. The van der Waals surface area contributed by atoms with Gasteiger partial charge >= 0.3 is 11.9 Å². The molecule has 3 aromatic rings. The molecule has 1 atom stereocenters. The summed E-state index contributed by atoms with van der Waals surface area (Å²) in [6.07, 6.45) is -0.126. The Hall–Kier alpha value is -4.00. The van der Waals surface area contributed by atoms with Crippen LogP contribution in [0.5, 0.6) is 17.2 Å². The number of hydrogen-bond acceptors (Lipinski definition) is 6. The zero-order valence-corrected chi connectivity index (χ0v) is 19.4. The molecule has 0 bridgehead atoms. The van der Waals surface area contributed by atoms with E-state index in [4.69, 9.17) is 18.9 Å². The maximum Gasteiger partial charge on any atom is 0.320 e. The highest BCUT2D eigenvalue weighted by molar-refractivity contribution is 5.94. The third-order valence-corrected chi connectivity index (χ3v) is 5.59. The Morgan fingerprint density at radius 1 is 0.765 bits per heavy atom. The average Bonchev–Trinajstić information content (AvgIpc) is 2.87. The summed E-state index contributed by atoms with van der Waals surface area (Å²) in [5.41, 5.74) is 2.43. The molecule has 0 aliphatic heterocycles. The van der Waals surface area contributed by atoms with Crippen molar-refractivity contribution in [2.24, 2.45) is 5.92 Å². The van der Waals surface area contributed by atoms with Crippen LogP contribution >= 0.6 is 0 Å². The standard InChI is InChI=1S/C27H28O7/c1-31-23-16-25(33-3)24(32-2)15-20(23)14-21(26(28)29)27(30)34-17-22(18-10-6-4-7-11-18)19-12-8-5-9-13-19/h4-13,15-16,21-22H,14,17H2,1-3H3,(H,28,29). The van der Waals surface area contributed by atoms with Crippen LogP contribution in [0.25, 0.3) is 0 Å². The Morgan fingerprint density at radius 2 is 1.26 bits per heavy atom. The lowest BCUT2D eigenvalue weighted by Gasteiger charge is -2.20. The SMILES string of the molecule is COc1cc(OC)c(OC)cc1CC(C(=O)O)C(=O)OCC(c1ccccc1)c1ccccc1. The lowest BCUT2D eigenvalue weighted by atomic mass is 9.92. The third-order valence-electron chi connectivity index (χ3n) is 5.59. The molecule has 34 heavy (non-hydrogen) atoms. The number of aliphatic carboxylic acids is 1. The van der Waals surface area contributed by atoms with Gasteiger partial charge in [0.15, 0.2) is 17.4 Å². The predicted octanol–water partition coefficient (Wildman–Crippen LogP) is 4.33. The minimum Gasteiger partial charge on any atom is -0.496 e. The van der Waals surface area contributed by atoms with E-state index < -0.39 is 17.9 Å². The van der Waals surface area contributed by atoms with E-state index in [1.165, 1.54) is 21.3 Å². The first-order valence-corrected chi connectivity index (χ1v) is 10.8. The zero-order valence-electron chi connectivity index (χ0n) is 19.4. The summed E-state index contributed by atoms with van der Waals surface area (Å²) in [6.45, 7) is 0.0136. The molecular weight excluding hydrogens is 436 g/mol. The molecule has 3 aromatic carbocycles. The second-order valence-corrected chi connectivity index (χ2v) is 7.62. The number of carboxylic acid groups (broad SMARTS) is 1. The predicted molar refractivity (Wildman–Crippen MR) is 127 cm³/mol. The molecule has 0 heterocycles. The summed E-state index contributed by atoms with van der Waals surface area (Å²) in [5.74, 6) is -2.51. The molecule has 7 heteroatoms. The van der Waals surface area contributed by atoms with Gasteiger partial charge in [-0.3, -0.25) is 9.59 Å². The van der Waals surface area contributed by atoms with Gasteiger partial charge in [0, 0.05) is 18.4 Å². The number of esters is 1. The molecule has 0 amide bonds. The van der Waals surface area contributed by atoms with Gasteiger partial charge in [-0.05, 0) is 22.8 Å². The summed E-state index contributed by atoms with van der Waals surface area (Å²) in [6, 6.07) is 22.5. The monoisotopic (exact) mass is 464 g/mol. The fourth-order valence-corrected chi connectivity index (χ4v) is 3.76. The van der Waals surface area contributed by atoms with E-state index in [1.807, 2.05) is 60.7 Å². The Bertz CT molecular complexity index is 1060. The van der Waals surface area contributed by atoms with Crippen molar-refractivity contribution in [3.05, 3.63) is 89.5 Å². The van der Waals surface area contributed by atoms with E-state index in [9.17, 15) is 14.7 Å². The van der Waals surface area contributed by atoms with Crippen LogP contribution in [-0.2, 0) is 20.7 Å². The lowest BCUT2D eigenvalue weighted by molar-refractivity contribution is -0.158. The van der Waals surface area contributed by atoms with Gasteiger partial charge in [0.2, 0.25) is 0 Å². The van der Waals surface area contributed by atoms with Gasteiger partial charge in [-0.15, -0.1) is 0 Å². The Labute approximate surface area is 198 Å². The number of carbonyl (C=O) groups excluding carboxylic acids is 1. The second kappa shape index (κ2) is 11.7. The van der Waals surface area contributed by atoms with Crippen LogP contribution in [0.15, 0.2) is 72.8 Å². The molecule has 1 unspecified atom stereocenters. The van der Waals surface area contributed by atoms with Crippen LogP contribution in [0.1, 0.15) is 22.6 Å². The van der Waals surface area contributed by atoms with E-state index >= 15 is 0 Å². The molecule has 0 spiro atoms. The van der Waals surface area contributed by atoms with Gasteiger partial charge < -0.3 is 24.1 Å². The van der Waals surface area contributed by atoms with Crippen LogP contribution < -0.4 is 14.2 Å². The first-order valence-electron chi connectivity index (χ1n) is 10.8. The molecule has 178 valence electrons. The van der Waals surface area contributed by atoms with Crippen molar-refractivity contribution in [3.63, 3.8) is 0 Å². The Balaban J connectivity index is 1.82. The summed E-state index contributed by atoms with van der Waals surface area (Å²) in [7, 11) is 4.43. The summed E-state index contributed by atoms with van der Waals surface area (Å²) >= 11 is 0. The van der Waals surface area contributed by atoms with Crippen molar-refractivity contribution in [1.82, 2.24) is 0 Å². The summed E-state index contributed by atoms with van der Waals surface area (Å²) in [4.78, 5) is 24.9. The van der Waals surface area contributed by atoms with Crippen molar-refractivity contribution < 1.29 is 33.6 Å². The van der Waals surface area contributed by atoms with Crippen molar-refractivity contribution in [1.29, 1.82) is 0 Å². The average molecular weight is 465 g/mol. The molecule has 0 aliphatic carbocycles. The highest BCUT2D eigenvalue weighted by Gasteiger charge is 2.31. The van der Waals surface area contributed by atoms with E-state index in [-0.39, 0.29) is 18.9 Å². The number of rotatable bonds is 11. The van der Waals surface area contributed by atoms with E-state index in [2.05, 4.69) is 0 Å². The molecule has 3 rings (SSSR count). The molecule has 0 radical (unpaired) electrons. The Kier molecular flexibility index (Phi) is 8.51. The molecule has 0 aliphatic rings. The molecule has 0 saturated heterocycles. The number of ether oxygens (including phenoxy) is 4. The van der Waals surface area contributed by atoms with Crippen LogP contribution in [0.2, 0.25) is 0 Å². The van der Waals surface area contributed by atoms with E-state index in [1.54, 1.807) is 12.1 Å². The summed E-state index contributed by atoms with van der Waals surface area (Å²) in [5, 5.41) is 9.80. The quantitative estimate of drug-likeness (QED) is 0.334. The highest BCUT2D eigenvalue weighted by atomic mass is 16.5. The number of benzene rings is 3. The van der Waals surface area contributed by atoms with Gasteiger partial charge in [-0.25, -0.2) is 0 Å². The number of carboxylic acids is 1. The molecule has 0 fully saturated rings. The van der Waals surface area contributed by atoms with Crippen molar-refractivity contribution in [2.45, 2.75) is 12.3 Å². The summed E-state index contributed by atoms with van der Waals surface area (Å²) < 4.78 is 21.5. The van der Waals surface area contributed by atoms with E-state index in [0.29, 0.717) is 22.8 Å². The van der Waals surface area contributed by atoms with Gasteiger partial charge in [0.25, 0.3) is 0 Å². The van der Waals surface area contributed by atoms with Gasteiger partial charge in [0.05, 0.1) is 21.3 Å². The fourth-order valence-electron chi connectivity index (χ4n) is 3.76. The van der Waals surface area contributed by atoms with Gasteiger partial charge in [0.1, 0.15) is 12.4 Å². The molecule has 0 saturated carbocycles. The van der Waals surface area contributed by atoms with Crippen LogP contribution in [0.3, 0.4) is 0 Å². The topological polar surface area (TPSA) is 91.3 Å². The largest absolute Gasteiger partial charge is 0.496 e. The molecule has 1 N–H and O–H groups in total. The normalized spacial score (nSPS) is 11.5. The van der Waals surface area contributed by atoms with E-state index in [0.717, 1.165) is 11.1 Å². The number of methoxy groups -OCH3 is 3. The van der Waals surface area contributed by atoms with Crippen LogP contribution in [-0.4, -0.2) is 45.0 Å². The fraction of sp³-hybridized carbons (Fsp3) is 0.259. The minimum atomic E-state index is -1.42. The highest BCUT2D eigenvalue weighted by Crippen LogP contribution is 2.36. The molecular formula is C27H28O7. The van der Waals surface area contributed by atoms with Crippen molar-refractivity contribution >= 4 is 11.9 Å². The minimum absolute atomic E-state index is 0.0136. The molecule has 0 aromatic heterocycles. The van der Waals surface area contributed by atoms with Gasteiger partial charge in [-0.2, -0.15) is 0 Å². The number of carbonyl (C=O) groups is 2. The van der Waals surface area contributed by atoms with Gasteiger partial charge in [-0.1, -0.05) is 60.7 Å². The first-order chi connectivity index (χ1) is 16.5. The smallest absolute Gasteiger partial charge is 0.320 e. The Morgan fingerprint density at radius 3 is 1.74 bits per heavy atom.